The lowest BCUT2D eigenvalue weighted by atomic mass is 10.1. The molecule has 0 saturated heterocycles. The van der Waals surface area contributed by atoms with Gasteiger partial charge in [0, 0.05) is 13.6 Å². The fourth-order valence-electron chi connectivity index (χ4n) is 1.82. The third kappa shape index (κ3) is 2.55. The van der Waals surface area contributed by atoms with Gasteiger partial charge in [-0.2, -0.15) is 5.26 Å². The van der Waals surface area contributed by atoms with E-state index in [1.165, 1.54) is 0 Å². The number of nitrogens with one attached hydrogen (secondary N) is 1. The number of benzene rings is 1. The van der Waals surface area contributed by atoms with E-state index in [9.17, 15) is 0 Å². The first-order valence-corrected chi connectivity index (χ1v) is 5.77. The zero-order valence-corrected chi connectivity index (χ0v) is 10.5. The zero-order valence-electron chi connectivity index (χ0n) is 10.5. The molecule has 2 rings (SSSR count). The third-order valence-electron chi connectivity index (χ3n) is 2.87. The van der Waals surface area contributed by atoms with Crippen LogP contribution in [-0.4, -0.2) is 14.8 Å². The number of nitriles is 1. The number of aryl methyl sites for hydroxylation is 1. The van der Waals surface area contributed by atoms with Crippen LogP contribution in [0.25, 0.3) is 0 Å². The molecule has 0 aliphatic rings. The van der Waals surface area contributed by atoms with E-state index in [4.69, 9.17) is 5.26 Å². The number of hydrogen-bond acceptors (Lipinski definition) is 4. The zero-order chi connectivity index (χ0) is 13.0. The van der Waals surface area contributed by atoms with E-state index in [-0.39, 0.29) is 6.04 Å². The molecule has 0 fully saturated rings. The lowest BCUT2D eigenvalue weighted by Crippen LogP contribution is -2.21. The van der Waals surface area contributed by atoms with Crippen LogP contribution in [0, 0.1) is 11.3 Å². The Labute approximate surface area is 106 Å². The van der Waals surface area contributed by atoms with E-state index in [0.717, 1.165) is 11.4 Å². The Morgan fingerprint density at radius 3 is 2.89 bits per heavy atom. The summed E-state index contributed by atoms with van der Waals surface area (Å²) >= 11 is 0. The number of rotatable bonds is 4. The molecule has 2 aromatic rings. The molecular weight excluding hydrogens is 226 g/mol. The van der Waals surface area contributed by atoms with Crippen molar-refractivity contribution in [3.8, 4) is 6.07 Å². The standard InChI is InChI=1S/C13H15N5/c1-10(13-17-16-9-18(13)2)15-8-12-6-4-3-5-11(12)7-14/h3-6,9-10,15H,8H2,1-2H3. The average Bonchev–Trinajstić information content (AvgIpc) is 2.82. The van der Waals surface area contributed by atoms with Crippen LogP contribution < -0.4 is 5.32 Å². The summed E-state index contributed by atoms with van der Waals surface area (Å²) < 4.78 is 1.88. The number of nitrogens with zero attached hydrogens (tertiary/aromatic N) is 4. The van der Waals surface area contributed by atoms with Gasteiger partial charge in [-0.15, -0.1) is 10.2 Å². The number of aromatic nitrogens is 3. The minimum absolute atomic E-state index is 0.0873. The van der Waals surface area contributed by atoms with Crippen molar-refractivity contribution in [3.63, 3.8) is 0 Å². The highest BCUT2D eigenvalue weighted by Crippen LogP contribution is 2.11. The molecule has 5 nitrogen and oxygen atoms in total. The first kappa shape index (κ1) is 12.3. The van der Waals surface area contributed by atoms with Gasteiger partial charge in [0.2, 0.25) is 0 Å². The molecule has 0 aliphatic carbocycles. The Kier molecular flexibility index (Phi) is 3.70. The summed E-state index contributed by atoms with van der Waals surface area (Å²) in [5, 5.41) is 20.3. The summed E-state index contributed by atoms with van der Waals surface area (Å²) in [6.45, 7) is 2.66. The van der Waals surface area contributed by atoms with Crippen LogP contribution in [0.1, 0.15) is 29.9 Å². The molecule has 18 heavy (non-hydrogen) atoms. The Bertz CT molecular complexity index is 567. The minimum Gasteiger partial charge on any atom is -0.319 e. The Morgan fingerprint density at radius 2 is 2.22 bits per heavy atom. The van der Waals surface area contributed by atoms with Gasteiger partial charge in [0.15, 0.2) is 0 Å². The molecule has 0 radical (unpaired) electrons. The van der Waals surface area contributed by atoms with Gasteiger partial charge in [0.25, 0.3) is 0 Å². The molecule has 0 amide bonds. The van der Waals surface area contributed by atoms with Crippen molar-refractivity contribution in [2.75, 3.05) is 0 Å². The smallest absolute Gasteiger partial charge is 0.149 e. The van der Waals surface area contributed by atoms with Crippen molar-refractivity contribution in [1.82, 2.24) is 20.1 Å². The van der Waals surface area contributed by atoms with Crippen LogP contribution >= 0.6 is 0 Å². The second-order valence-electron chi connectivity index (χ2n) is 4.17. The van der Waals surface area contributed by atoms with Crippen molar-refractivity contribution < 1.29 is 0 Å². The van der Waals surface area contributed by atoms with Gasteiger partial charge in [-0.05, 0) is 18.6 Å². The first-order chi connectivity index (χ1) is 8.72. The quantitative estimate of drug-likeness (QED) is 0.881. The fourth-order valence-corrected chi connectivity index (χ4v) is 1.82. The van der Waals surface area contributed by atoms with Crippen molar-refractivity contribution in [1.29, 1.82) is 5.26 Å². The van der Waals surface area contributed by atoms with Crippen LogP contribution in [0.5, 0.6) is 0 Å². The third-order valence-corrected chi connectivity index (χ3v) is 2.87. The Hall–Kier alpha value is -2.19. The first-order valence-electron chi connectivity index (χ1n) is 5.77. The second-order valence-corrected chi connectivity index (χ2v) is 4.17. The van der Waals surface area contributed by atoms with Crippen LogP contribution in [0.15, 0.2) is 30.6 Å². The lowest BCUT2D eigenvalue weighted by Gasteiger charge is -2.13. The summed E-state index contributed by atoms with van der Waals surface area (Å²) in [5.41, 5.74) is 1.70. The Morgan fingerprint density at radius 1 is 1.44 bits per heavy atom. The van der Waals surface area contributed by atoms with Crippen molar-refractivity contribution >= 4 is 0 Å². The highest BCUT2D eigenvalue weighted by molar-refractivity contribution is 5.37. The van der Waals surface area contributed by atoms with Gasteiger partial charge >= 0.3 is 0 Å². The summed E-state index contributed by atoms with van der Waals surface area (Å²) in [7, 11) is 1.91. The lowest BCUT2D eigenvalue weighted by molar-refractivity contribution is 0.528. The van der Waals surface area contributed by atoms with Gasteiger partial charge < -0.3 is 9.88 Å². The normalized spacial score (nSPS) is 12.1. The summed E-state index contributed by atoms with van der Waals surface area (Å²) in [6, 6.07) is 9.86. The maximum Gasteiger partial charge on any atom is 0.149 e. The monoisotopic (exact) mass is 241 g/mol. The fraction of sp³-hybridized carbons (Fsp3) is 0.308. The molecule has 1 heterocycles. The van der Waals surface area contributed by atoms with Crippen LogP contribution in [0.2, 0.25) is 0 Å². The molecule has 1 unspecified atom stereocenters. The van der Waals surface area contributed by atoms with Crippen LogP contribution in [0.3, 0.4) is 0 Å². The summed E-state index contributed by atoms with van der Waals surface area (Å²) in [6.07, 6.45) is 1.68. The molecule has 1 atom stereocenters. The predicted octanol–water partition coefficient (Wildman–Crippen LogP) is 1.54. The van der Waals surface area contributed by atoms with Gasteiger partial charge in [0.1, 0.15) is 12.2 Å². The van der Waals surface area contributed by atoms with E-state index < -0.39 is 0 Å². The molecule has 0 bridgehead atoms. The largest absolute Gasteiger partial charge is 0.319 e. The van der Waals surface area contributed by atoms with Gasteiger partial charge in [-0.25, -0.2) is 0 Å². The summed E-state index contributed by atoms with van der Waals surface area (Å²) in [5.74, 6) is 0.879. The number of hydrogen-bond donors (Lipinski definition) is 1. The van der Waals surface area contributed by atoms with Crippen LogP contribution in [-0.2, 0) is 13.6 Å². The molecule has 1 N–H and O–H groups in total. The van der Waals surface area contributed by atoms with E-state index in [1.54, 1.807) is 6.33 Å². The van der Waals surface area contributed by atoms with Crippen LogP contribution in [0.4, 0.5) is 0 Å². The molecule has 1 aromatic heterocycles. The van der Waals surface area contributed by atoms with Gasteiger partial charge in [-0.3, -0.25) is 0 Å². The highest BCUT2D eigenvalue weighted by atomic mass is 15.3. The molecule has 0 saturated carbocycles. The Balaban J connectivity index is 2.04. The highest BCUT2D eigenvalue weighted by Gasteiger charge is 2.11. The molecule has 92 valence electrons. The minimum atomic E-state index is 0.0873. The maximum atomic E-state index is 9.01. The van der Waals surface area contributed by atoms with E-state index in [1.807, 2.05) is 42.8 Å². The van der Waals surface area contributed by atoms with Gasteiger partial charge in [-0.1, -0.05) is 18.2 Å². The van der Waals surface area contributed by atoms with Crippen molar-refractivity contribution in [3.05, 3.63) is 47.5 Å². The topological polar surface area (TPSA) is 66.5 Å². The molecule has 0 aliphatic heterocycles. The maximum absolute atomic E-state index is 9.01. The van der Waals surface area contributed by atoms with E-state index in [2.05, 4.69) is 21.6 Å². The molecule has 0 spiro atoms. The predicted molar refractivity (Wildman–Crippen MR) is 67.4 cm³/mol. The second kappa shape index (κ2) is 5.43. The summed E-state index contributed by atoms with van der Waals surface area (Å²) in [4.78, 5) is 0. The van der Waals surface area contributed by atoms with Crippen molar-refractivity contribution in [2.45, 2.75) is 19.5 Å². The van der Waals surface area contributed by atoms with E-state index >= 15 is 0 Å². The van der Waals surface area contributed by atoms with E-state index in [0.29, 0.717) is 12.1 Å². The molecular formula is C13H15N5. The average molecular weight is 241 g/mol. The molecule has 5 heteroatoms. The van der Waals surface area contributed by atoms with Crippen molar-refractivity contribution in [2.24, 2.45) is 7.05 Å². The SMILES string of the molecule is CC(NCc1ccccc1C#N)c1nncn1C. The van der Waals surface area contributed by atoms with Gasteiger partial charge in [0.05, 0.1) is 17.7 Å². The molecule has 1 aromatic carbocycles.